The van der Waals surface area contributed by atoms with Crippen LogP contribution in [0.1, 0.15) is 32.8 Å². The van der Waals surface area contributed by atoms with Crippen LogP contribution in [0, 0.1) is 0 Å². The molecule has 0 bridgehead atoms. The van der Waals surface area contributed by atoms with Crippen LogP contribution in [0.25, 0.3) is 16.3 Å². The van der Waals surface area contributed by atoms with E-state index in [1.54, 1.807) is 0 Å². The van der Waals surface area contributed by atoms with Crippen LogP contribution in [0.15, 0.2) is 54.1 Å². The molecule has 0 spiro atoms. The first-order valence-corrected chi connectivity index (χ1v) is 8.88. The summed E-state index contributed by atoms with van der Waals surface area (Å²) in [7, 11) is 0. The van der Waals surface area contributed by atoms with E-state index < -0.39 is 19.5 Å². The fourth-order valence-corrected chi connectivity index (χ4v) is 4.36. The van der Waals surface area contributed by atoms with Crippen molar-refractivity contribution >= 4 is 45.0 Å². The molecule has 0 amide bonds. The number of rotatable bonds is 4. The average Bonchev–Trinajstić information content (AvgIpc) is 2.90. The summed E-state index contributed by atoms with van der Waals surface area (Å²) < 4.78 is 7.50. The van der Waals surface area contributed by atoms with Crippen molar-refractivity contribution < 1.29 is 22.9 Å². The van der Waals surface area contributed by atoms with Crippen LogP contribution in [-0.4, -0.2) is 6.10 Å². The number of hydrogen-bond donors (Lipinski definition) is 0. The Morgan fingerprint density at radius 2 is 1.78 bits per heavy atom. The molecule has 0 heterocycles. The van der Waals surface area contributed by atoms with E-state index in [4.69, 9.17) is 3.32 Å². The summed E-state index contributed by atoms with van der Waals surface area (Å²) in [5.74, 6) is 0. The van der Waals surface area contributed by atoms with Gasteiger partial charge in [-0.15, -0.1) is 24.8 Å². The van der Waals surface area contributed by atoms with Crippen molar-refractivity contribution in [2.75, 3.05) is 0 Å². The summed E-state index contributed by atoms with van der Waals surface area (Å²) in [5.41, 5.74) is 4.26. The van der Waals surface area contributed by atoms with Crippen molar-refractivity contribution in [3.05, 3.63) is 59.7 Å². The van der Waals surface area contributed by atoms with Gasteiger partial charge >= 0.3 is 136 Å². The molecule has 0 aromatic heterocycles. The third kappa shape index (κ3) is 4.50. The third-order valence-corrected chi connectivity index (χ3v) is 5.90. The molecule has 0 radical (unpaired) electrons. The minimum absolute atomic E-state index is 0. The Labute approximate surface area is 160 Å². The Bertz CT molecular complexity index is 735. The second-order valence-electron chi connectivity index (χ2n) is 5.75. The summed E-state index contributed by atoms with van der Waals surface area (Å²) in [6.45, 7) is 6.45. The van der Waals surface area contributed by atoms with Gasteiger partial charge in [0.2, 0.25) is 0 Å². The molecule has 2 aromatic rings. The Balaban J connectivity index is 0.00000132. The summed E-state index contributed by atoms with van der Waals surface area (Å²) >= 11 is -0.588. The maximum Gasteiger partial charge on any atom is -0.147 e. The van der Waals surface area contributed by atoms with E-state index in [1.807, 2.05) is 0 Å². The molecular weight excluding hydrogens is 363 g/mol. The molecule has 1 aliphatic carbocycles. The van der Waals surface area contributed by atoms with E-state index in [1.165, 1.54) is 31.4 Å². The van der Waals surface area contributed by atoms with Crippen LogP contribution in [0.4, 0.5) is 0 Å². The molecule has 2 aromatic carbocycles. The number of fused-ring (bicyclic) bond motifs is 1. The fourth-order valence-electron chi connectivity index (χ4n) is 2.75. The summed E-state index contributed by atoms with van der Waals surface area (Å²) in [5, 5.41) is 2.68. The number of halogens is 2. The second-order valence-corrected chi connectivity index (χ2v) is 7.21. The molecule has 0 saturated carbocycles. The average molecular weight is 385 g/mol. The zero-order valence-electron chi connectivity index (χ0n) is 13.6. The van der Waals surface area contributed by atoms with E-state index >= 15 is 0 Å². The summed E-state index contributed by atoms with van der Waals surface area (Å²) in [4.78, 5) is 0. The van der Waals surface area contributed by atoms with E-state index in [0.29, 0.717) is 6.10 Å². The molecule has 122 valence electrons. The molecular formula is C19H22Cl2OTi. The molecule has 0 fully saturated rings. The Kier molecular flexibility index (Phi) is 8.06. The molecule has 23 heavy (non-hydrogen) atoms. The second kappa shape index (κ2) is 9.06. The van der Waals surface area contributed by atoms with E-state index in [-0.39, 0.29) is 24.8 Å². The Hall–Kier alpha value is -0.566. The van der Waals surface area contributed by atoms with Crippen molar-refractivity contribution in [1.82, 2.24) is 0 Å². The molecule has 1 nitrogen and oxygen atoms in total. The van der Waals surface area contributed by atoms with Crippen LogP contribution >= 0.6 is 24.8 Å². The number of benzene rings is 2. The van der Waals surface area contributed by atoms with Gasteiger partial charge in [-0.1, -0.05) is 0 Å². The predicted octanol–water partition coefficient (Wildman–Crippen LogP) is 5.46. The normalized spacial score (nSPS) is 13.2. The summed E-state index contributed by atoms with van der Waals surface area (Å²) in [6, 6.07) is 13.2. The minimum Gasteiger partial charge on any atom is -0.147 e. The van der Waals surface area contributed by atoms with Crippen LogP contribution in [0.3, 0.4) is 0 Å². The smallest absolute Gasteiger partial charge is 0.147 e. The van der Waals surface area contributed by atoms with Crippen LogP contribution in [-0.2, 0) is 22.9 Å². The largest absolute Gasteiger partial charge is 0.147 e. The monoisotopic (exact) mass is 384 g/mol. The van der Waals surface area contributed by atoms with E-state index in [0.717, 1.165) is 6.42 Å². The third-order valence-electron chi connectivity index (χ3n) is 3.82. The van der Waals surface area contributed by atoms with Gasteiger partial charge in [0.1, 0.15) is 0 Å². The fraction of sp³-hybridized carbons (Fsp3) is 0.263. The van der Waals surface area contributed by atoms with Gasteiger partial charge in [-0.05, 0) is 0 Å². The maximum atomic E-state index is 6.05. The van der Waals surface area contributed by atoms with Gasteiger partial charge in [0.25, 0.3) is 0 Å². The van der Waals surface area contributed by atoms with Crippen LogP contribution in [0.5, 0.6) is 0 Å². The molecule has 0 unspecified atom stereocenters. The van der Waals surface area contributed by atoms with Gasteiger partial charge in [-0.3, -0.25) is 0 Å². The molecule has 1 aliphatic rings. The number of allylic oxidation sites excluding steroid dienone is 4. The SMILES string of the molecule is CC1=C(c2ccc3ccccc3[c]2[Ti][O]C(C)C)CC=C1.Cl.Cl. The van der Waals surface area contributed by atoms with Gasteiger partial charge in [-0.2, -0.15) is 0 Å². The molecule has 0 aliphatic heterocycles. The topological polar surface area (TPSA) is 9.23 Å². The first kappa shape index (κ1) is 20.5. The molecule has 4 heteroatoms. The molecule has 3 rings (SSSR count). The molecule has 0 N–H and O–H groups in total. The van der Waals surface area contributed by atoms with Gasteiger partial charge < -0.3 is 0 Å². The van der Waals surface area contributed by atoms with Gasteiger partial charge in [-0.25, -0.2) is 0 Å². The molecule has 0 atom stereocenters. The van der Waals surface area contributed by atoms with Crippen molar-refractivity contribution in [3.63, 3.8) is 0 Å². The standard InChI is InChI=1S/C16H13.C3H7O.2ClH.Ti/c1-12-5-4-8-16(12)15-10-9-13-6-2-3-7-14(13)11-15;1-3(2)4;;;/h2-7,9-10H,8H2,1H3;3H,1-2H3;2*1H;/q;-1;;;+1. The van der Waals surface area contributed by atoms with Crippen LogP contribution < -0.4 is 3.87 Å². The van der Waals surface area contributed by atoms with Crippen LogP contribution in [0.2, 0.25) is 0 Å². The molecule has 0 saturated heterocycles. The van der Waals surface area contributed by atoms with Crippen molar-refractivity contribution in [1.29, 1.82) is 0 Å². The van der Waals surface area contributed by atoms with E-state index in [9.17, 15) is 0 Å². The predicted molar refractivity (Wildman–Crippen MR) is 101 cm³/mol. The van der Waals surface area contributed by atoms with Crippen molar-refractivity contribution in [2.45, 2.75) is 33.3 Å². The van der Waals surface area contributed by atoms with Gasteiger partial charge in [0.15, 0.2) is 0 Å². The van der Waals surface area contributed by atoms with Gasteiger partial charge in [0.05, 0.1) is 0 Å². The van der Waals surface area contributed by atoms with E-state index in [2.05, 4.69) is 69.3 Å². The number of hydrogen-bond acceptors (Lipinski definition) is 1. The minimum atomic E-state index is -0.588. The summed E-state index contributed by atoms with van der Waals surface area (Å²) in [6.07, 6.45) is 5.84. The first-order valence-electron chi connectivity index (χ1n) is 7.47. The first-order chi connectivity index (χ1) is 10.2. The Morgan fingerprint density at radius 3 is 2.43 bits per heavy atom. The maximum absolute atomic E-state index is 6.05. The van der Waals surface area contributed by atoms with Crippen molar-refractivity contribution in [2.24, 2.45) is 0 Å². The van der Waals surface area contributed by atoms with Crippen molar-refractivity contribution in [3.8, 4) is 0 Å². The quantitative estimate of drug-likeness (QED) is 0.635. The zero-order valence-corrected chi connectivity index (χ0v) is 16.8. The zero-order chi connectivity index (χ0) is 14.8. The Morgan fingerprint density at radius 1 is 1.04 bits per heavy atom. The van der Waals surface area contributed by atoms with Gasteiger partial charge in [0, 0.05) is 0 Å².